The van der Waals surface area contributed by atoms with Gasteiger partial charge in [0.2, 0.25) is 0 Å². The molecule has 0 heterocycles. The zero-order chi connectivity index (χ0) is 12.1. The van der Waals surface area contributed by atoms with Crippen molar-refractivity contribution in [1.82, 2.24) is 0 Å². The molecule has 0 radical (unpaired) electrons. The van der Waals surface area contributed by atoms with Crippen LogP contribution in [-0.4, -0.2) is 7.11 Å². The van der Waals surface area contributed by atoms with E-state index in [1.165, 1.54) is 0 Å². The lowest BCUT2D eigenvalue weighted by atomic mass is 9.99. The zero-order valence-electron chi connectivity index (χ0n) is 9.56. The highest BCUT2D eigenvalue weighted by molar-refractivity contribution is 5.79. The minimum Gasteiger partial charge on any atom is -0.497 e. The molecule has 0 fully saturated rings. The molecule has 0 aromatic heterocycles. The topological polar surface area (TPSA) is 9.23 Å². The van der Waals surface area contributed by atoms with Crippen molar-refractivity contribution in [2.75, 3.05) is 7.11 Å². The largest absolute Gasteiger partial charge is 0.497 e. The van der Waals surface area contributed by atoms with Gasteiger partial charge in [-0.1, -0.05) is 42.5 Å². The van der Waals surface area contributed by atoms with Crippen molar-refractivity contribution >= 4 is 5.57 Å². The third kappa shape index (κ3) is 2.53. The van der Waals surface area contributed by atoms with E-state index in [1.807, 2.05) is 54.6 Å². The maximum Gasteiger partial charge on any atom is 0.118 e. The summed E-state index contributed by atoms with van der Waals surface area (Å²) in [6.07, 6.45) is 0.636. The number of hydrogen-bond acceptors (Lipinski definition) is 1. The van der Waals surface area contributed by atoms with Crippen LogP contribution in [0.2, 0.25) is 0 Å². The Morgan fingerprint density at radius 2 is 1.53 bits per heavy atom. The first-order valence-electron chi connectivity index (χ1n) is 5.35. The van der Waals surface area contributed by atoms with Crippen LogP contribution in [0, 0.1) is 0 Å². The Morgan fingerprint density at radius 1 is 0.941 bits per heavy atom. The summed E-state index contributed by atoms with van der Waals surface area (Å²) in [5, 5.41) is 0. The standard InChI is InChI=1S/C15H13FO/c1-17-14-9-7-13(8-10-14)15(11-16)12-5-3-2-4-6-12/h2-11H,1H3. The summed E-state index contributed by atoms with van der Waals surface area (Å²) in [7, 11) is 1.61. The van der Waals surface area contributed by atoms with Crippen LogP contribution < -0.4 is 4.74 Å². The van der Waals surface area contributed by atoms with Gasteiger partial charge < -0.3 is 4.74 Å². The molecule has 0 aliphatic rings. The predicted molar refractivity (Wildman–Crippen MR) is 67.6 cm³/mol. The fourth-order valence-electron chi connectivity index (χ4n) is 1.68. The Labute approximate surface area is 100 Å². The summed E-state index contributed by atoms with van der Waals surface area (Å²) < 4.78 is 18.1. The SMILES string of the molecule is COc1ccc(C(=CF)c2ccccc2)cc1. The second kappa shape index (κ2) is 5.30. The molecule has 0 aliphatic heterocycles. The monoisotopic (exact) mass is 228 g/mol. The van der Waals surface area contributed by atoms with Gasteiger partial charge in [-0.15, -0.1) is 0 Å². The molecule has 0 saturated heterocycles. The fraction of sp³-hybridized carbons (Fsp3) is 0.0667. The van der Waals surface area contributed by atoms with Gasteiger partial charge in [-0.25, -0.2) is 4.39 Å². The van der Waals surface area contributed by atoms with E-state index in [9.17, 15) is 4.39 Å². The Kier molecular flexibility index (Phi) is 3.55. The summed E-state index contributed by atoms with van der Waals surface area (Å²) in [6, 6.07) is 16.8. The summed E-state index contributed by atoms with van der Waals surface area (Å²) in [5.41, 5.74) is 2.27. The molecule has 0 bridgehead atoms. The van der Waals surface area contributed by atoms with Gasteiger partial charge in [-0.05, 0) is 23.3 Å². The lowest BCUT2D eigenvalue weighted by Crippen LogP contribution is -1.88. The highest BCUT2D eigenvalue weighted by atomic mass is 19.1. The van der Waals surface area contributed by atoms with Crippen LogP contribution >= 0.6 is 0 Å². The van der Waals surface area contributed by atoms with Gasteiger partial charge in [0.05, 0.1) is 13.4 Å². The third-order valence-electron chi connectivity index (χ3n) is 2.59. The van der Waals surface area contributed by atoms with E-state index >= 15 is 0 Å². The van der Waals surface area contributed by atoms with Crippen molar-refractivity contribution in [1.29, 1.82) is 0 Å². The Morgan fingerprint density at radius 3 is 2.06 bits per heavy atom. The molecule has 2 heteroatoms. The van der Waals surface area contributed by atoms with Crippen molar-refractivity contribution in [2.24, 2.45) is 0 Å². The Hall–Kier alpha value is -2.09. The van der Waals surface area contributed by atoms with Gasteiger partial charge in [-0.3, -0.25) is 0 Å². The second-order valence-corrected chi connectivity index (χ2v) is 3.62. The average Bonchev–Trinajstić information content (AvgIpc) is 2.42. The molecule has 2 aromatic carbocycles. The van der Waals surface area contributed by atoms with E-state index in [1.54, 1.807) is 7.11 Å². The first-order valence-corrected chi connectivity index (χ1v) is 5.35. The van der Waals surface area contributed by atoms with Crippen LogP contribution in [-0.2, 0) is 0 Å². The van der Waals surface area contributed by atoms with Crippen molar-refractivity contribution in [3.05, 3.63) is 72.1 Å². The molecule has 0 unspecified atom stereocenters. The highest BCUT2D eigenvalue weighted by Gasteiger charge is 2.04. The van der Waals surface area contributed by atoms with Gasteiger partial charge in [0, 0.05) is 5.57 Å². The third-order valence-corrected chi connectivity index (χ3v) is 2.59. The van der Waals surface area contributed by atoms with Crippen LogP contribution in [0.4, 0.5) is 4.39 Å². The molecule has 0 N–H and O–H groups in total. The van der Waals surface area contributed by atoms with E-state index in [4.69, 9.17) is 4.74 Å². The molecule has 0 aliphatic carbocycles. The zero-order valence-corrected chi connectivity index (χ0v) is 9.56. The molecular weight excluding hydrogens is 215 g/mol. The highest BCUT2D eigenvalue weighted by Crippen LogP contribution is 2.25. The Balaban J connectivity index is 2.37. The van der Waals surface area contributed by atoms with Gasteiger partial charge in [0.1, 0.15) is 5.75 Å². The molecule has 2 aromatic rings. The first kappa shape index (κ1) is 11.4. The Bertz CT molecular complexity index is 500. The van der Waals surface area contributed by atoms with Gasteiger partial charge in [-0.2, -0.15) is 0 Å². The lowest BCUT2D eigenvalue weighted by molar-refractivity contribution is 0.415. The minimum atomic E-state index is 0.577. The summed E-state index contributed by atoms with van der Waals surface area (Å²) in [5.74, 6) is 0.764. The number of methoxy groups -OCH3 is 1. The van der Waals surface area contributed by atoms with Gasteiger partial charge in [0.15, 0.2) is 0 Å². The van der Waals surface area contributed by atoms with Crippen molar-refractivity contribution < 1.29 is 9.13 Å². The van der Waals surface area contributed by atoms with E-state index < -0.39 is 0 Å². The van der Waals surface area contributed by atoms with Crippen molar-refractivity contribution in [2.45, 2.75) is 0 Å². The predicted octanol–water partition coefficient (Wildman–Crippen LogP) is 4.05. The number of halogens is 1. The number of rotatable bonds is 3. The summed E-state index contributed by atoms with van der Waals surface area (Å²) in [4.78, 5) is 0. The van der Waals surface area contributed by atoms with Crippen LogP contribution in [0.15, 0.2) is 60.9 Å². The van der Waals surface area contributed by atoms with Gasteiger partial charge in [0.25, 0.3) is 0 Å². The summed E-state index contributed by atoms with van der Waals surface area (Å²) >= 11 is 0. The van der Waals surface area contributed by atoms with Crippen molar-refractivity contribution in [3.63, 3.8) is 0 Å². The summed E-state index contributed by atoms with van der Waals surface area (Å²) in [6.45, 7) is 0. The molecule has 0 atom stereocenters. The average molecular weight is 228 g/mol. The first-order chi connectivity index (χ1) is 8.35. The maximum absolute atomic E-state index is 13.0. The van der Waals surface area contributed by atoms with E-state index in [-0.39, 0.29) is 0 Å². The minimum absolute atomic E-state index is 0.577. The number of benzene rings is 2. The molecule has 1 nitrogen and oxygen atoms in total. The molecule has 0 spiro atoms. The van der Waals surface area contributed by atoms with Crippen LogP contribution in [0.25, 0.3) is 5.57 Å². The molecule has 17 heavy (non-hydrogen) atoms. The van der Waals surface area contributed by atoms with E-state index in [0.29, 0.717) is 11.9 Å². The second-order valence-electron chi connectivity index (χ2n) is 3.62. The smallest absolute Gasteiger partial charge is 0.118 e. The van der Waals surface area contributed by atoms with Crippen LogP contribution in [0.1, 0.15) is 11.1 Å². The molecule has 0 amide bonds. The molecule has 0 saturated carbocycles. The molecule has 2 rings (SSSR count). The number of ether oxygens (including phenoxy) is 1. The van der Waals surface area contributed by atoms with Crippen LogP contribution in [0.3, 0.4) is 0 Å². The number of hydrogen-bond donors (Lipinski definition) is 0. The normalized spacial score (nSPS) is 11.3. The van der Waals surface area contributed by atoms with Crippen LogP contribution in [0.5, 0.6) is 5.75 Å². The maximum atomic E-state index is 13.0. The lowest BCUT2D eigenvalue weighted by Gasteiger charge is -2.07. The van der Waals surface area contributed by atoms with E-state index in [2.05, 4.69) is 0 Å². The quantitative estimate of drug-likeness (QED) is 0.770. The van der Waals surface area contributed by atoms with E-state index in [0.717, 1.165) is 16.9 Å². The fourth-order valence-corrected chi connectivity index (χ4v) is 1.68. The van der Waals surface area contributed by atoms with Crippen molar-refractivity contribution in [3.8, 4) is 5.75 Å². The molecule has 86 valence electrons. The molecular formula is C15H13FO. The van der Waals surface area contributed by atoms with Gasteiger partial charge >= 0.3 is 0 Å².